The average Bonchev–Trinajstić information content (AvgIpc) is 2.37. The number of hydrogen-bond donors (Lipinski definition) is 1. The lowest BCUT2D eigenvalue weighted by molar-refractivity contribution is -0.123. The third kappa shape index (κ3) is 4.49. The van der Waals surface area contributed by atoms with Crippen molar-refractivity contribution < 1.29 is 9.53 Å². The predicted molar refractivity (Wildman–Crippen MR) is 73.6 cm³/mol. The summed E-state index contributed by atoms with van der Waals surface area (Å²) in [5.74, 6) is 0.0307. The molecule has 0 saturated heterocycles. The molecule has 1 rings (SSSR count). The number of carbonyl (C=O) groups excluding carboxylic acids is 1. The molecule has 1 amide bonds. The van der Waals surface area contributed by atoms with Crippen LogP contribution in [0.2, 0.25) is 0 Å². The minimum absolute atomic E-state index is 0.0468. The highest BCUT2D eigenvalue weighted by atomic mass is 16.5. The first-order valence-corrected chi connectivity index (χ1v) is 6.53. The van der Waals surface area contributed by atoms with Crippen molar-refractivity contribution in [3.8, 4) is 0 Å². The van der Waals surface area contributed by atoms with Gasteiger partial charge in [0.2, 0.25) is 5.91 Å². The standard InChI is InChI=1S/C15H23NO2/c1-4-8-14(13-9-6-5-7-10-13)15(17)16-12(2)11-18-3/h5-7,9-10,12,14H,4,8,11H2,1-3H3,(H,16,17). The average molecular weight is 249 g/mol. The lowest BCUT2D eigenvalue weighted by atomic mass is 9.93. The highest BCUT2D eigenvalue weighted by Crippen LogP contribution is 2.21. The highest BCUT2D eigenvalue weighted by molar-refractivity contribution is 5.83. The van der Waals surface area contributed by atoms with Crippen LogP contribution in [0.1, 0.15) is 38.2 Å². The molecule has 0 fully saturated rings. The molecule has 2 atom stereocenters. The van der Waals surface area contributed by atoms with E-state index in [1.165, 1.54) is 0 Å². The Balaban J connectivity index is 2.70. The van der Waals surface area contributed by atoms with Gasteiger partial charge in [-0.2, -0.15) is 0 Å². The molecule has 3 heteroatoms. The van der Waals surface area contributed by atoms with Gasteiger partial charge in [0, 0.05) is 13.2 Å². The number of amides is 1. The van der Waals surface area contributed by atoms with Gasteiger partial charge in [-0.3, -0.25) is 4.79 Å². The summed E-state index contributed by atoms with van der Waals surface area (Å²) in [6, 6.07) is 10.00. The first kappa shape index (κ1) is 14.7. The van der Waals surface area contributed by atoms with Crippen LogP contribution in [0, 0.1) is 0 Å². The molecule has 0 heterocycles. The van der Waals surface area contributed by atoms with Crippen LogP contribution in [0.15, 0.2) is 30.3 Å². The van der Waals surface area contributed by atoms with Gasteiger partial charge in [0.15, 0.2) is 0 Å². The Hall–Kier alpha value is -1.35. The second-order valence-corrected chi connectivity index (χ2v) is 4.62. The number of ether oxygens (including phenoxy) is 1. The molecular weight excluding hydrogens is 226 g/mol. The summed E-state index contributed by atoms with van der Waals surface area (Å²) in [5, 5.41) is 3.00. The van der Waals surface area contributed by atoms with E-state index in [1.807, 2.05) is 37.3 Å². The molecule has 1 N–H and O–H groups in total. The zero-order valence-corrected chi connectivity index (χ0v) is 11.5. The van der Waals surface area contributed by atoms with Gasteiger partial charge in [-0.15, -0.1) is 0 Å². The van der Waals surface area contributed by atoms with E-state index in [2.05, 4.69) is 12.2 Å². The number of rotatable bonds is 7. The predicted octanol–water partition coefficient (Wildman–Crippen LogP) is 2.72. The van der Waals surface area contributed by atoms with E-state index in [4.69, 9.17) is 4.74 Å². The maximum absolute atomic E-state index is 12.3. The molecule has 0 aliphatic rings. The fourth-order valence-electron chi connectivity index (χ4n) is 2.06. The largest absolute Gasteiger partial charge is 0.383 e. The van der Waals surface area contributed by atoms with Gasteiger partial charge in [0.05, 0.1) is 12.5 Å². The van der Waals surface area contributed by atoms with Crippen molar-refractivity contribution in [1.29, 1.82) is 0 Å². The lowest BCUT2D eigenvalue weighted by Crippen LogP contribution is -2.38. The molecule has 0 spiro atoms. The van der Waals surface area contributed by atoms with E-state index >= 15 is 0 Å². The summed E-state index contributed by atoms with van der Waals surface area (Å²) in [7, 11) is 1.64. The molecule has 0 bridgehead atoms. The summed E-state index contributed by atoms with van der Waals surface area (Å²) < 4.78 is 5.04. The third-order valence-electron chi connectivity index (χ3n) is 2.90. The first-order valence-electron chi connectivity index (χ1n) is 6.53. The van der Waals surface area contributed by atoms with Crippen LogP contribution >= 0.6 is 0 Å². The van der Waals surface area contributed by atoms with E-state index < -0.39 is 0 Å². The molecule has 2 unspecified atom stereocenters. The molecule has 100 valence electrons. The zero-order chi connectivity index (χ0) is 13.4. The summed E-state index contributed by atoms with van der Waals surface area (Å²) in [4.78, 5) is 12.3. The van der Waals surface area contributed by atoms with E-state index in [0.717, 1.165) is 18.4 Å². The Kier molecular flexibility index (Phi) is 6.44. The van der Waals surface area contributed by atoms with Crippen molar-refractivity contribution in [2.45, 2.75) is 38.6 Å². The SMILES string of the molecule is CCCC(C(=O)NC(C)COC)c1ccccc1. The van der Waals surface area contributed by atoms with Gasteiger partial charge in [-0.05, 0) is 18.9 Å². The molecule has 0 aliphatic carbocycles. The van der Waals surface area contributed by atoms with Crippen LogP contribution in [0.5, 0.6) is 0 Å². The van der Waals surface area contributed by atoms with Crippen LogP contribution in [-0.2, 0) is 9.53 Å². The fourth-order valence-corrected chi connectivity index (χ4v) is 2.06. The zero-order valence-electron chi connectivity index (χ0n) is 11.5. The van der Waals surface area contributed by atoms with E-state index in [0.29, 0.717) is 6.61 Å². The lowest BCUT2D eigenvalue weighted by Gasteiger charge is -2.20. The molecule has 0 aliphatic heterocycles. The van der Waals surface area contributed by atoms with Gasteiger partial charge < -0.3 is 10.1 Å². The Bertz CT molecular complexity index is 351. The van der Waals surface area contributed by atoms with Gasteiger partial charge in [0.1, 0.15) is 0 Å². The fraction of sp³-hybridized carbons (Fsp3) is 0.533. The quantitative estimate of drug-likeness (QED) is 0.807. The van der Waals surface area contributed by atoms with E-state index in [1.54, 1.807) is 7.11 Å². The number of benzene rings is 1. The Morgan fingerprint density at radius 1 is 1.33 bits per heavy atom. The maximum Gasteiger partial charge on any atom is 0.227 e. The van der Waals surface area contributed by atoms with Crippen LogP contribution < -0.4 is 5.32 Å². The molecule has 0 saturated carbocycles. The smallest absolute Gasteiger partial charge is 0.227 e. The number of nitrogens with one attached hydrogen (secondary N) is 1. The van der Waals surface area contributed by atoms with Gasteiger partial charge in [-0.1, -0.05) is 43.7 Å². The van der Waals surface area contributed by atoms with Gasteiger partial charge >= 0.3 is 0 Å². The molecule has 3 nitrogen and oxygen atoms in total. The maximum atomic E-state index is 12.3. The number of carbonyl (C=O) groups is 1. The van der Waals surface area contributed by atoms with E-state index in [9.17, 15) is 4.79 Å². The van der Waals surface area contributed by atoms with E-state index in [-0.39, 0.29) is 17.9 Å². The topological polar surface area (TPSA) is 38.3 Å². The second kappa shape index (κ2) is 7.88. The van der Waals surface area contributed by atoms with Crippen molar-refractivity contribution in [3.05, 3.63) is 35.9 Å². The van der Waals surface area contributed by atoms with Crippen LogP contribution in [0.3, 0.4) is 0 Å². The van der Waals surface area contributed by atoms with Gasteiger partial charge in [-0.25, -0.2) is 0 Å². The molecule has 1 aromatic carbocycles. The summed E-state index contributed by atoms with van der Waals surface area (Å²) in [6.45, 7) is 4.59. The monoisotopic (exact) mass is 249 g/mol. The molecule has 18 heavy (non-hydrogen) atoms. The molecule has 0 radical (unpaired) electrons. The normalized spacial score (nSPS) is 13.9. The van der Waals surface area contributed by atoms with Crippen LogP contribution in [-0.4, -0.2) is 25.7 Å². The second-order valence-electron chi connectivity index (χ2n) is 4.62. The summed E-state index contributed by atoms with van der Waals surface area (Å²) in [5.41, 5.74) is 1.08. The minimum atomic E-state index is -0.0597. The van der Waals surface area contributed by atoms with Crippen LogP contribution in [0.25, 0.3) is 0 Å². The van der Waals surface area contributed by atoms with Gasteiger partial charge in [0.25, 0.3) is 0 Å². The Labute approximate surface area is 110 Å². The highest BCUT2D eigenvalue weighted by Gasteiger charge is 2.20. The van der Waals surface area contributed by atoms with Crippen molar-refractivity contribution >= 4 is 5.91 Å². The van der Waals surface area contributed by atoms with Crippen molar-refractivity contribution in [2.75, 3.05) is 13.7 Å². The Morgan fingerprint density at radius 2 is 2.00 bits per heavy atom. The molecular formula is C15H23NO2. The molecule has 1 aromatic rings. The molecule has 0 aromatic heterocycles. The van der Waals surface area contributed by atoms with Crippen molar-refractivity contribution in [1.82, 2.24) is 5.32 Å². The summed E-state index contributed by atoms with van der Waals surface area (Å²) >= 11 is 0. The van der Waals surface area contributed by atoms with Crippen LogP contribution in [0.4, 0.5) is 0 Å². The minimum Gasteiger partial charge on any atom is -0.383 e. The Morgan fingerprint density at radius 3 is 2.56 bits per heavy atom. The van der Waals surface area contributed by atoms with Crippen molar-refractivity contribution in [3.63, 3.8) is 0 Å². The third-order valence-corrected chi connectivity index (χ3v) is 2.90. The number of hydrogen-bond acceptors (Lipinski definition) is 2. The summed E-state index contributed by atoms with van der Waals surface area (Å²) in [6.07, 6.45) is 1.86. The van der Waals surface area contributed by atoms with Crippen molar-refractivity contribution in [2.24, 2.45) is 0 Å². The number of methoxy groups -OCH3 is 1. The first-order chi connectivity index (χ1) is 8.69.